The summed E-state index contributed by atoms with van der Waals surface area (Å²) in [6.07, 6.45) is -14.7. The Bertz CT molecular complexity index is 1400. The molecule has 9 atom stereocenters. The number of hydrogen-bond donors (Lipinski definition) is 9. The average Bonchev–Trinajstić information content (AvgIpc) is 2.92. The van der Waals surface area contributed by atoms with Crippen LogP contribution < -0.4 is 5.43 Å². The molecule has 0 saturated carbocycles. The summed E-state index contributed by atoms with van der Waals surface area (Å²) in [5, 5.41) is 92.7. The standard InChI is InChI=1S/C26H28O13/c27-7-13-18(32)20(34)22(36)26(38-13)15-11(29)6-10(28)14-19(33)16(25-21(35)17(31)12(30)8-37-25)23(39-24(14)15)9-4-2-1-3-5-9/h1-6,12-13,17-18,20-22,25-32,34-36H,7-8H2/t12-,13+,17-,18+,20-,21+,22+,25-,26-/m0/s1. The van der Waals surface area contributed by atoms with Crippen molar-refractivity contribution < 1.29 is 59.8 Å². The second-order valence-corrected chi connectivity index (χ2v) is 9.62. The van der Waals surface area contributed by atoms with Gasteiger partial charge in [-0.3, -0.25) is 4.79 Å². The monoisotopic (exact) mass is 548 g/mol. The Kier molecular flexibility index (Phi) is 7.37. The molecule has 3 heterocycles. The van der Waals surface area contributed by atoms with Crippen molar-refractivity contribution in [2.24, 2.45) is 0 Å². The molecule has 5 rings (SSSR count). The second-order valence-electron chi connectivity index (χ2n) is 9.62. The van der Waals surface area contributed by atoms with Crippen molar-refractivity contribution >= 4 is 11.0 Å². The van der Waals surface area contributed by atoms with Crippen LogP contribution in [0, 0.1) is 0 Å². The first kappa shape index (κ1) is 27.5. The summed E-state index contributed by atoms with van der Waals surface area (Å²) in [5.74, 6) is -1.61. The Hall–Kier alpha value is -3.11. The topological polar surface area (TPSA) is 231 Å². The van der Waals surface area contributed by atoms with Gasteiger partial charge in [-0.25, -0.2) is 0 Å². The van der Waals surface area contributed by atoms with Crippen molar-refractivity contribution in [1.82, 2.24) is 0 Å². The van der Waals surface area contributed by atoms with Crippen LogP contribution in [0.5, 0.6) is 11.5 Å². The van der Waals surface area contributed by atoms with Crippen LogP contribution in [0.2, 0.25) is 0 Å². The highest BCUT2D eigenvalue weighted by Gasteiger charge is 2.47. The zero-order valence-corrected chi connectivity index (χ0v) is 20.2. The summed E-state index contributed by atoms with van der Waals surface area (Å²) in [5.41, 5.74) is -1.74. The first-order chi connectivity index (χ1) is 18.6. The maximum Gasteiger partial charge on any atom is 0.203 e. The van der Waals surface area contributed by atoms with Crippen molar-refractivity contribution in [2.75, 3.05) is 13.2 Å². The number of fused-ring (bicyclic) bond motifs is 1. The van der Waals surface area contributed by atoms with E-state index in [1.54, 1.807) is 30.3 Å². The van der Waals surface area contributed by atoms with Gasteiger partial charge in [0.15, 0.2) is 5.58 Å². The largest absolute Gasteiger partial charge is 0.507 e. The van der Waals surface area contributed by atoms with Gasteiger partial charge >= 0.3 is 0 Å². The molecule has 0 radical (unpaired) electrons. The van der Waals surface area contributed by atoms with E-state index < -0.39 is 96.0 Å². The quantitative estimate of drug-likeness (QED) is 0.182. The minimum Gasteiger partial charge on any atom is -0.507 e. The minimum absolute atomic E-state index is 0.184. The maximum atomic E-state index is 14.0. The molecule has 0 bridgehead atoms. The molecule has 3 aromatic rings. The molecule has 0 unspecified atom stereocenters. The van der Waals surface area contributed by atoms with Crippen molar-refractivity contribution in [3.63, 3.8) is 0 Å². The normalized spacial score (nSPS) is 33.4. The van der Waals surface area contributed by atoms with Crippen LogP contribution in [0.15, 0.2) is 45.6 Å². The van der Waals surface area contributed by atoms with E-state index in [1.165, 1.54) is 0 Å². The molecular weight excluding hydrogens is 520 g/mol. The number of phenolic OH excluding ortho intramolecular Hbond substituents is 2. The molecule has 9 N–H and O–H groups in total. The zero-order valence-electron chi connectivity index (χ0n) is 20.2. The molecule has 0 aliphatic carbocycles. The molecule has 2 saturated heterocycles. The van der Waals surface area contributed by atoms with E-state index in [4.69, 9.17) is 13.9 Å². The number of ether oxygens (including phenoxy) is 2. The fourth-order valence-corrected chi connectivity index (χ4v) is 5.10. The SMILES string of the molecule is O=c1c([C@@H]2OC[C@H](O)[C@H](O)[C@H]2O)c(-c2ccccc2)oc2c([C@@H]3O[C@H](CO)[C@@H](O)[C@H](O)[C@H]3O)c(O)cc(O)c12. The molecule has 210 valence electrons. The number of aliphatic hydroxyl groups is 7. The van der Waals surface area contributed by atoms with Crippen molar-refractivity contribution in [3.8, 4) is 22.8 Å². The van der Waals surface area contributed by atoms with E-state index in [0.29, 0.717) is 5.56 Å². The van der Waals surface area contributed by atoms with Crippen LogP contribution in [-0.2, 0) is 9.47 Å². The van der Waals surface area contributed by atoms with E-state index in [9.17, 15) is 50.8 Å². The van der Waals surface area contributed by atoms with Gasteiger partial charge in [-0.05, 0) is 0 Å². The first-order valence-electron chi connectivity index (χ1n) is 12.1. The van der Waals surface area contributed by atoms with Crippen LogP contribution in [0.4, 0.5) is 0 Å². The third-order valence-corrected chi connectivity index (χ3v) is 7.20. The van der Waals surface area contributed by atoms with E-state index in [1.807, 2.05) is 0 Å². The Morgan fingerprint density at radius 1 is 0.795 bits per heavy atom. The number of rotatable bonds is 4. The lowest BCUT2D eigenvalue weighted by Crippen LogP contribution is -2.55. The van der Waals surface area contributed by atoms with Gasteiger partial charge in [0.2, 0.25) is 5.43 Å². The van der Waals surface area contributed by atoms with Gasteiger partial charge in [-0.1, -0.05) is 30.3 Å². The molecule has 1 aromatic heterocycles. The molecule has 13 heteroatoms. The highest BCUT2D eigenvalue weighted by Crippen LogP contribution is 2.45. The summed E-state index contributed by atoms with van der Waals surface area (Å²) in [7, 11) is 0. The lowest BCUT2D eigenvalue weighted by atomic mass is 9.88. The van der Waals surface area contributed by atoms with E-state index in [-0.39, 0.29) is 16.9 Å². The Balaban J connectivity index is 1.81. The predicted molar refractivity (Wildman–Crippen MR) is 131 cm³/mol. The van der Waals surface area contributed by atoms with Gasteiger partial charge in [-0.2, -0.15) is 0 Å². The number of aromatic hydroxyl groups is 2. The minimum atomic E-state index is -1.85. The van der Waals surface area contributed by atoms with Crippen LogP contribution in [0.1, 0.15) is 23.3 Å². The van der Waals surface area contributed by atoms with Crippen molar-refractivity contribution in [2.45, 2.75) is 54.9 Å². The maximum absolute atomic E-state index is 14.0. The lowest BCUT2D eigenvalue weighted by Gasteiger charge is -2.40. The Labute approximate surface area is 220 Å². The smallest absolute Gasteiger partial charge is 0.203 e. The summed E-state index contributed by atoms with van der Waals surface area (Å²) in [4.78, 5) is 14.0. The second kappa shape index (κ2) is 10.5. The molecule has 13 nitrogen and oxygen atoms in total. The van der Waals surface area contributed by atoms with Crippen LogP contribution in [0.25, 0.3) is 22.3 Å². The summed E-state index contributed by atoms with van der Waals surface area (Å²) >= 11 is 0. The summed E-state index contributed by atoms with van der Waals surface area (Å²) in [6.45, 7) is -1.18. The van der Waals surface area contributed by atoms with Gasteiger partial charge in [-0.15, -0.1) is 0 Å². The third kappa shape index (κ3) is 4.47. The molecule has 0 spiro atoms. The van der Waals surface area contributed by atoms with Gasteiger partial charge in [0, 0.05) is 11.6 Å². The van der Waals surface area contributed by atoms with Crippen molar-refractivity contribution in [3.05, 3.63) is 57.7 Å². The van der Waals surface area contributed by atoms with Gasteiger partial charge in [0.05, 0.1) is 24.3 Å². The van der Waals surface area contributed by atoms with Crippen LogP contribution in [-0.4, -0.2) is 102 Å². The van der Waals surface area contributed by atoms with E-state index in [0.717, 1.165) is 6.07 Å². The number of benzene rings is 2. The number of hydrogen-bond acceptors (Lipinski definition) is 13. The predicted octanol–water partition coefficient (Wildman–Crippen LogP) is -1.46. The number of phenols is 2. The Morgan fingerprint density at radius 3 is 2.13 bits per heavy atom. The molecular formula is C26H28O13. The Morgan fingerprint density at radius 2 is 1.46 bits per heavy atom. The third-order valence-electron chi connectivity index (χ3n) is 7.20. The fraction of sp³-hybridized carbons (Fsp3) is 0.423. The molecule has 2 fully saturated rings. The molecule has 2 aromatic carbocycles. The summed E-state index contributed by atoms with van der Waals surface area (Å²) in [6, 6.07) is 8.84. The van der Waals surface area contributed by atoms with Crippen molar-refractivity contribution in [1.29, 1.82) is 0 Å². The number of aliphatic hydroxyl groups excluding tert-OH is 7. The molecule has 39 heavy (non-hydrogen) atoms. The molecule has 2 aliphatic heterocycles. The zero-order chi connectivity index (χ0) is 28.2. The summed E-state index contributed by atoms with van der Waals surface area (Å²) < 4.78 is 17.2. The van der Waals surface area contributed by atoms with E-state index in [2.05, 4.69) is 0 Å². The lowest BCUT2D eigenvalue weighted by molar-refractivity contribution is -0.231. The van der Waals surface area contributed by atoms with Gasteiger partial charge in [0.1, 0.15) is 77.6 Å². The first-order valence-corrected chi connectivity index (χ1v) is 12.1. The highest BCUT2D eigenvalue weighted by molar-refractivity contribution is 5.90. The van der Waals surface area contributed by atoms with E-state index >= 15 is 0 Å². The fourth-order valence-electron chi connectivity index (χ4n) is 5.10. The van der Waals surface area contributed by atoms with Gasteiger partial charge < -0.3 is 59.8 Å². The van der Waals surface area contributed by atoms with Gasteiger partial charge in [0.25, 0.3) is 0 Å². The highest BCUT2D eigenvalue weighted by atomic mass is 16.5. The average molecular weight is 548 g/mol. The van der Waals surface area contributed by atoms with Crippen LogP contribution >= 0.6 is 0 Å². The van der Waals surface area contributed by atoms with Crippen LogP contribution in [0.3, 0.4) is 0 Å². The molecule has 2 aliphatic rings. The molecule has 0 amide bonds.